The maximum Gasteiger partial charge on any atom is 0.264 e. The fourth-order valence-corrected chi connectivity index (χ4v) is 5.70. The molecule has 0 saturated carbocycles. The van der Waals surface area contributed by atoms with Crippen LogP contribution in [-0.4, -0.2) is 43.8 Å². The van der Waals surface area contributed by atoms with Crippen molar-refractivity contribution in [1.29, 1.82) is 0 Å². The lowest BCUT2D eigenvalue weighted by Crippen LogP contribution is -2.53. The van der Waals surface area contributed by atoms with Gasteiger partial charge >= 0.3 is 0 Å². The lowest BCUT2D eigenvalue weighted by Gasteiger charge is -2.33. The maximum absolute atomic E-state index is 14.0. The standard InChI is InChI=1S/C29H34ClN3O4S/c1-5-27(29(35)31-21(2)3)32(19-23-11-9-10-22(4)18-23)28(34)20-33(25-12-7-6-8-13-25)38(36,37)26-16-14-24(30)15-17-26/h6-18,21,27H,5,19-20H2,1-4H3,(H,31,35)/t27-/m1/s1. The highest BCUT2D eigenvalue weighted by molar-refractivity contribution is 7.92. The Balaban J connectivity index is 2.04. The Hall–Kier alpha value is -3.36. The number of rotatable bonds is 11. The van der Waals surface area contributed by atoms with Gasteiger partial charge in [0, 0.05) is 17.6 Å². The average molecular weight is 556 g/mol. The van der Waals surface area contributed by atoms with E-state index in [1.165, 1.54) is 29.2 Å². The molecule has 1 atom stereocenters. The molecule has 0 fully saturated rings. The Labute approximate surface area is 230 Å². The number of halogens is 1. The van der Waals surface area contributed by atoms with Gasteiger partial charge in [-0.3, -0.25) is 13.9 Å². The van der Waals surface area contributed by atoms with Crippen LogP contribution < -0.4 is 9.62 Å². The highest BCUT2D eigenvalue weighted by Gasteiger charge is 2.33. The van der Waals surface area contributed by atoms with Crippen molar-refractivity contribution in [2.24, 2.45) is 0 Å². The summed E-state index contributed by atoms with van der Waals surface area (Å²) in [6.45, 7) is 7.18. The van der Waals surface area contributed by atoms with Crippen LogP contribution in [0.15, 0.2) is 83.8 Å². The Morgan fingerprint density at radius 3 is 2.18 bits per heavy atom. The van der Waals surface area contributed by atoms with Crippen molar-refractivity contribution in [3.05, 3.63) is 95.0 Å². The van der Waals surface area contributed by atoms with E-state index in [0.29, 0.717) is 17.1 Å². The zero-order valence-corrected chi connectivity index (χ0v) is 23.7. The van der Waals surface area contributed by atoms with Crippen LogP contribution in [0.4, 0.5) is 5.69 Å². The zero-order chi connectivity index (χ0) is 27.9. The number of amides is 2. The van der Waals surface area contributed by atoms with Gasteiger partial charge in [-0.25, -0.2) is 8.42 Å². The molecule has 1 N–H and O–H groups in total. The van der Waals surface area contributed by atoms with Gasteiger partial charge in [-0.15, -0.1) is 0 Å². The molecule has 7 nitrogen and oxygen atoms in total. The first-order valence-corrected chi connectivity index (χ1v) is 14.3. The van der Waals surface area contributed by atoms with Gasteiger partial charge in [0.15, 0.2) is 0 Å². The average Bonchev–Trinajstić information content (AvgIpc) is 2.87. The number of anilines is 1. The van der Waals surface area contributed by atoms with Crippen molar-refractivity contribution < 1.29 is 18.0 Å². The Morgan fingerprint density at radius 2 is 1.61 bits per heavy atom. The molecular weight excluding hydrogens is 522 g/mol. The van der Waals surface area contributed by atoms with Crippen LogP contribution >= 0.6 is 11.6 Å². The summed E-state index contributed by atoms with van der Waals surface area (Å²) >= 11 is 5.98. The van der Waals surface area contributed by atoms with E-state index >= 15 is 0 Å². The van der Waals surface area contributed by atoms with Crippen LogP contribution in [0.5, 0.6) is 0 Å². The molecule has 0 aliphatic heterocycles. The summed E-state index contributed by atoms with van der Waals surface area (Å²) in [7, 11) is -4.12. The van der Waals surface area contributed by atoms with Gasteiger partial charge in [0.1, 0.15) is 12.6 Å². The van der Waals surface area contributed by atoms with Crippen LogP contribution in [-0.2, 0) is 26.2 Å². The topological polar surface area (TPSA) is 86.8 Å². The van der Waals surface area contributed by atoms with Gasteiger partial charge in [-0.05, 0) is 69.2 Å². The van der Waals surface area contributed by atoms with E-state index in [1.807, 2.05) is 52.0 Å². The van der Waals surface area contributed by atoms with E-state index < -0.39 is 28.5 Å². The monoisotopic (exact) mass is 555 g/mol. The van der Waals surface area contributed by atoms with E-state index in [-0.39, 0.29) is 23.4 Å². The quantitative estimate of drug-likeness (QED) is 0.353. The molecule has 0 saturated heterocycles. The van der Waals surface area contributed by atoms with Gasteiger partial charge in [-0.1, -0.05) is 66.6 Å². The predicted octanol–water partition coefficient (Wildman–Crippen LogP) is 5.18. The number of benzene rings is 3. The van der Waals surface area contributed by atoms with Crippen LogP contribution in [0.1, 0.15) is 38.3 Å². The molecule has 0 spiro atoms. The molecular formula is C29H34ClN3O4S. The second-order valence-corrected chi connectivity index (χ2v) is 11.7. The summed E-state index contributed by atoms with van der Waals surface area (Å²) in [6.07, 6.45) is 0.366. The van der Waals surface area contributed by atoms with E-state index in [2.05, 4.69) is 5.32 Å². The summed E-state index contributed by atoms with van der Waals surface area (Å²) in [4.78, 5) is 28.6. The van der Waals surface area contributed by atoms with Crippen LogP contribution in [0, 0.1) is 6.92 Å². The predicted molar refractivity (Wildman–Crippen MR) is 152 cm³/mol. The van der Waals surface area contributed by atoms with Crippen LogP contribution in [0.3, 0.4) is 0 Å². The van der Waals surface area contributed by atoms with E-state index in [0.717, 1.165) is 15.4 Å². The summed E-state index contributed by atoms with van der Waals surface area (Å²) < 4.78 is 28.6. The minimum atomic E-state index is -4.12. The first-order valence-electron chi connectivity index (χ1n) is 12.5. The lowest BCUT2D eigenvalue weighted by molar-refractivity contribution is -0.140. The summed E-state index contributed by atoms with van der Waals surface area (Å²) in [6, 6.07) is 21.1. The number of nitrogens with one attached hydrogen (secondary N) is 1. The highest BCUT2D eigenvalue weighted by Crippen LogP contribution is 2.25. The second kappa shape index (κ2) is 12.9. The van der Waals surface area contributed by atoms with Gasteiger partial charge in [0.2, 0.25) is 11.8 Å². The minimum absolute atomic E-state index is 0.00776. The van der Waals surface area contributed by atoms with Crippen molar-refractivity contribution in [3.63, 3.8) is 0 Å². The fourth-order valence-electron chi connectivity index (χ4n) is 4.16. The van der Waals surface area contributed by atoms with Crippen molar-refractivity contribution in [2.45, 2.75) is 57.6 Å². The van der Waals surface area contributed by atoms with Crippen LogP contribution in [0.25, 0.3) is 0 Å². The first-order chi connectivity index (χ1) is 18.0. The maximum atomic E-state index is 14.0. The Bertz CT molecular complexity index is 1350. The number of carbonyl (C=O) groups is 2. The van der Waals surface area contributed by atoms with Gasteiger partial charge < -0.3 is 10.2 Å². The van der Waals surface area contributed by atoms with E-state index in [4.69, 9.17) is 11.6 Å². The van der Waals surface area contributed by atoms with Crippen molar-refractivity contribution in [3.8, 4) is 0 Å². The molecule has 0 unspecified atom stereocenters. The van der Waals surface area contributed by atoms with Crippen LogP contribution in [0.2, 0.25) is 5.02 Å². The van der Waals surface area contributed by atoms with Gasteiger partial charge in [0.25, 0.3) is 10.0 Å². The fraction of sp³-hybridized carbons (Fsp3) is 0.310. The molecule has 0 aromatic heterocycles. The first kappa shape index (κ1) is 29.2. The summed E-state index contributed by atoms with van der Waals surface area (Å²) in [5.41, 5.74) is 2.21. The molecule has 0 radical (unpaired) electrons. The SMILES string of the molecule is CC[C@H](C(=O)NC(C)C)N(Cc1cccc(C)c1)C(=O)CN(c1ccccc1)S(=O)(=O)c1ccc(Cl)cc1. The third-order valence-corrected chi connectivity index (χ3v) is 8.02. The number of sulfonamides is 1. The molecule has 3 aromatic carbocycles. The number of aryl methyl sites for hydroxylation is 1. The molecule has 38 heavy (non-hydrogen) atoms. The van der Waals surface area contributed by atoms with Gasteiger partial charge in [0.05, 0.1) is 10.6 Å². The van der Waals surface area contributed by atoms with Gasteiger partial charge in [-0.2, -0.15) is 0 Å². The summed E-state index contributed by atoms with van der Waals surface area (Å²) in [5, 5.41) is 3.30. The van der Waals surface area contributed by atoms with E-state index in [9.17, 15) is 18.0 Å². The second-order valence-electron chi connectivity index (χ2n) is 9.40. The molecule has 0 bridgehead atoms. The molecule has 0 aliphatic carbocycles. The smallest absolute Gasteiger partial charge is 0.264 e. The Morgan fingerprint density at radius 1 is 0.947 bits per heavy atom. The van der Waals surface area contributed by atoms with E-state index in [1.54, 1.807) is 30.3 Å². The number of nitrogens with zero attached hydrogens (tertiary/aromatic N) is 2. The number of hydrogen-bond donors (Lipinski definition) is 1. The zero-order valence-electron chi connectivity index (χ0n) is 22.1. The molecule has 3 aromatic rings. The summed E-state index contributed by atoms with van der Waals surface area (Å²) in [5.74, 6) is -0.769. The third-order valence-electron chi connectivity index (χ3n) is 5.98. The third kappa shape index (κ3) is 7.36. The molecule has 3 rings (SSSR count). The lowest BCUT2D eigenvalue weighted by atomic mass is 10.1. The van der Waals surface area contributed by atoms with Crippen molar-refractivity contribution in [2.75, 3.05) is 10.8 Å². The number of hydrogen-bond acceptors (Lipinski definition) is 4. The largest absolute Gasteiger partial charge is 0.352 e. The minimum Gasteiger partial charge on any atom is -0.352 e. The molecule has 202 valence electrons. The molecule has 0 heterocycles. The molecule has 0 aliphatic rings. The molecule has 2 amide bonds. The normalized spacial score (nSPS) is 12.2. The number of carbonyl (C=O) groups excluding carboxylic acids is 2. The number of para-hydroxylation sites is 1. The Kier molecular flexibility index (Phi) is 9.94. The molecule has 9 heteroatoms. The van der Waals surface area contributed by atoms with Crippen molar-refractivity contribution >= 4 is 39.1 Å². The van der Waals surface area contributed by atoms with Crippen molar-refractivity contribution in [1.82, 2.24) is 10.2 Å². The highest BCUT2D eigenvalue weighted by atomic mass is 35.5.